The van der Waals surface area contributed by atoms with Gasteiger partial charge >= 0.3 is 0 Å². The van der Waals surface area contributed by atoms with Crippen molar-refractivity contribution in [2.24, 2.45) is 5.10 Å². The number of nitrogens with zero attached hydrogens (tertiary/aromatic N) is 1. The molecule has 0 saturated carbocycles. The monoisotopic (exact) mass is 229 g/mol. The van der Waals surface area contributed by atoms with E-state index >= 15 is 0 Å². The topological polar surface area (TPSA) is 80.6 Å². The summed E-state index contributed by atoms with van der Waals surface area (Å²) in [6.07, 6.45) is 2.94. The van der Waals surface area contributed by atoms with Crippen molar-refractivity contribution in [2.45, 2.75) is 0 Å². The lowest BCUT2D eigenvalue weighted by molar-refractivity contribution is 0.0956. The van der Waals surface area contributed by atoms with Gasteiger partial charge in [-0.1, -0.05) is 12.1 Å². The first-order chi connectivity index (χ1) is 8.27. The lowest BCUT2D eigenvalue weighted by Crippen LogP contribution is -2.18. The number of rotatable bonds is 3. The normalized spacial score (nSPS) is 10.6. The molecule has 0 atom stereocenters. The molecule has 3 N–H and O–H groups in total. The summed E-state index contributed by atoms with van der Waals surface area (Å²) in [5.74, 6) is 0.206. The molecule has 0 aliphatic carbocycles. The summed E-state index contributed by atoms with van der Waals surface area (Å²) in [5, 5.41) is 3.76. The van der Waals surface area contributed by atoms with E-state index in [1.165, 1.54) is 12.5 Å². The predicted octanol–water partition coefficient (Wildman–Crippen LogP) is 1.63. The quantitative estimate of drug-likeness (QED) is 0.476. The summed E-state index contributed by atoms with van der Waals surface area (Å²) in [5.41, 5.74) is 8.83. The van der Waals surface area contributed by atoms with Crippen LogP contribution in [0.2, 0.25) is 0 Å². The molecule has 5 heteroatoms. The lowest BCUT2D eigenvalue weighted by atomic mass is 10.2. The van der Waals surface area contributed by atoms with Gasteiger partial charge < -0.3 is 10.2 Å². The highest BCUT2D eigenvalue weighted by atomic mass is 16.3. The van der Waals surface area contributed by atoms with E-state index in [2.05, 4.69) is 10.5 Å². The maximum atomic E-state index is 11.7. The fourth-order valence-corrected chi connectivity index (χ4v) is 1.28. The van der Waals surface area contributed by atoms with Crippen molar-refractivity contribution >= 4 is 17.8 Å². The summed E-state index contributed by atoms with van der Waals surface area (Å²) in [6, 6.07) is 10.3. The number of anilines is 1. The van der Waals surface area contributed by atoms with Gasteiger partial charge in [-0.05, 0) is 24.3 Å². The number of amides is 1. The third kappa shape index (κ3) is 2.72. The molecular formula is C12H11N3O2. The number of nitrogens with two attached hydrogens (primary N) is 1. The van der Waals surface area contributed by atoms with Gasteiger partial charge in [-0.15, -0.1) is 0 Å². The van der Waals surface area contributed by atoms with E-state index in [4.69, 9.17) is 10.2 Å². The zero-order valence-corrected chi connectivity index (χ0v) is 8.96. The van der Waals surface area contributed by atoms with E-state index in [-0.39, 0.29) is 5.91 Å². The Morgan fingerprint density at radius 1 is 1.29 bits per heavy atom. The van der Waals surface area contributed by atoms with Crippen LogP contribution in [0.15, 0.2) is 52.2 Å². The van der Waals surface area contributed by atoms with E-state index < -0.39 is 0 Å². The summed E-state index contributed by atoms with van der Waals surface area (Å²) >= 11 is 0. The molecule has 0 fully saturated rings. The number of furan rings is 1. The van der Waals surface area contributed by atoms with Gasteiger partial charge in [0.25, 0.3) is 5.91 Å². The number of para-hydroxylation sites is 1. The molecule has 5 nitrogen and oxygen atoms in total. The van der Waals surface area contributed by atoms with Crippen LogP contribution in [-0.2, 0) is 0 Å². The zero-order chi connectivity index (χ0) is 12.1. The van der Waals surface area contributed by atoms with Crippen molar-refractivity contribution < 1.29 is 9.21 Å². The Morgan fingerprint density at radius 3 is 2.82 bits per heavy atom. The van der Waals surface area contributed by atoms with Gasteiger partial charge in [0.15, 0.2) is 0 Å². The van der Waals surface area contributed by atoms with Crippen LogP contribution in [0.4, 0.5) is 5.69 Å². The standard InChI is InChI=1S/C12H11N3O2/c13-11-6-2-1-5-10(11)12(16)15-14-8-9-4-3-7-17-9/h1-8H,13H2,(H,15,16)/b14-8+. The third-order valence-corrected chi connectivity index (χ3v) is 2.11. The number of nitrogen functional groups attached to an aromatic ring is 1. The van der Waals surface area contributed by atoms with Crippen molar-refractivity contribution in [2.75, 3.05) is 5.73 Å². The number of carbonyl (C=O) groups excluding carboxylic acids is 1. The van der Waals surface area contributed by atoms with Crippen LogP contribution in [0.25, 0.3) is 0 Å². The Kier molecular flexibility index (Phi) is 3.20. The van der Waals surface area contributed by atoms with Gasteiger partial charge in [-0.2, -0.15) is 5.10 Å². The van der Waals surface area contributed by atoms with Crippen molar-refractivity contribution in [1.82, 2.24) is 5.43 Å². The molecule has 0 unspecified atom stereocenters. The third-order valence-electron chi connectivity index (χ3n) is 2.11. The van der Waals surface area contributed by atoms with E-state index in [1.807, 2.05) is 0 Å². The summed E-state index contributed by atoms with van der Waals surface area (Å²) in [7, 11) is 0. The van der Waals surface area contributed by atoms with Crippen LogP contribution in [-0.4, -0.2) is 12.1 Å². The van der Waals surface area contributed by atoms with Gasteiger partial charge in [0.2, 0.25) is 0 Å². The molecule has 1 aromatic carbocycles. The average Bonchev–Trinajstić information content (AvgIpc) is 2.82. The Morgan fingerprint density at radius 2 is 2.12 bits per heavy atom. The van der Waals surface area contributed by atoms with E-state index in [9.17, 15) is 4.79 Å². The fourth-order valence-electron chi connectivity index (χ4n) is 1.28. The predicted molar refractivity (Wildman–Crippen MR) is 64.6 cm³/mol. The van der Waals surface area contributed by atoms with Crippen LogP contribution < -0.4 is 11.2 Å². The second-order valence-electron chi connectivity index (χ2n) is 3.30. The molecule has 17 heavy (non-hydrogen) atoms. The van der Waals surface area contributed by atoms with Crippen LogP contribution in [0.5, 0.6) is 0 Å². The van der Waals surface area contributed by atoms with Gasteiger partial charge in [0.05, 0.1) is 18.0 Å². The molecule has 0 spiro atoms. The van der Waals surface area contributed by atoms with Crippen molar-refractivity contribution in [3.05, 3.63) is 54.0 Å². The fraction of sp³-hybridized carbons (Fsp3) is 0. The van der Waals surface area contributed by atoms with Crippen LogP contribution >= 0.6 is 0 Å². The summed E-state index contributed by atoms with van der Waals surface area (Å²) < 4.78 is 5.02. The number of hydrazone groups is 1. The zero-order valence-electron chi connectivity index (χ0n) is 8.96. The molecular weight excluding hydrogens is 218 g/mol. The average molecular weight is 229 g/mol. The first kappa shape index (κ1) is 10.9. The van der Waals surface area contributed by atoms with Crippen molar-refractivity contribution in [1.29, 1.82) is 0 Å². The van der Waals surface area contributed by atoms with E-state index in [1.54, 1.807) is 36.4 Å². The minimum atomic E-state index is -0.356. The minimum absolute atomic E-state index is 0.356. The maximum Gasteiger partial charge on any atom is 0.273 e. The first-order valence-corrected chi connectivity index (χ1v) is 4.99. The summed E-state index contributed by atoms with van der Waals surface area (Å²) in [6.45, 7) is 0. The van der Waals surface area contributed by atoms with Crippen LogP contribution in [0.3, 0.4) is 0 Å². The molecule has 1 heterocycles. The molecule has 1 aromatic heterocycles. The van der Waals surface area contributed by atoms with E-state index in [0.29, 0.717) is 17.0 Å². The smallest absolute Gasteiger partial charge is 0.273 e. The number of benzene rings is 1. The lowest BCUT2D eigenvalue weighted by Gasteiger charge is -2.02. The molecule has 0 radical (unpaired) electrons. The largest absolute Gasteiger partial charge is 0.463 e. The number of hydrogen-bond acceptors (Lipinski definition) is 4. The van der Waals surface area contributed by atoms with Gasteiger partial charge in [0, 0.05) is 5.69 Å². The first-order valence-electron chi connectivity index (χ1n) is 4.99. The highest BCUT2D eigenvalue weighted by Crippen LogP contribution is 2.09. The van der Waals surface area contributed by atoms with Gasteiger partial charge in [0.1, 0.15) is 5.76 Å². The molecule has 0 bridgehead atoms. The second-order valence-corrected chi connectivity index (χ2v) is 3.30. The molecule has 0 aliphatic rings. The Hall–Kier alpha value is -2.56. The molecule has 86 valence electrons. The van der Waals surface area contributed by atoms with Crippen molar-refractivity contribution in [3.63, 3.8) is 0 Å². The van der Waals surface area contributed by atoms with E-state index in [0.717, 1.165) is 0 Å². The molecule has 0 aliphatic heterocycles. The second kappa shape index (κ2) is 4.98. The van der Waals surface area contributed by atoms with Crippen molar-refractivity contribution in [3.8, 4) is 0 Å². The number of nitrogens with one attached hydrogen (secondary N) is 1. The SMILES string of the molecule is Nc1ccccc1C(=O)N/N=C/c1ccco1. The highest BCUT2D eigenvalue weighted by Gasteiger charge is 2.06. The molecule has 0 saturated heterocycles. The van der Waals surface area contributed by atoms with Gasteiger partial charge in [-0.25, -0.2) is 5.43 Å². The van der Waals surface area contributed by atoms with Crippen LogP contribution in [0, 0.1) is 0 Å². The Labute approximate surface area is 97.9 Å². The molecule has 2 aromatic rings. The Bertz CT molecular complexity index is 532. The van der Waals surface area contributed by atoms with Crippen LogP contribution in [0.1, 0.15) is 16.1 Å². The highest BCUT2D eigenvalue weighted by molar-refractivity contribution is 5.99. The minimum Gasteiger partial charge on any atom is -0.463 e. The molecule has 2 rings (SSSR count). The molecule has 1 amide bonds. The number of carbonyl (C=O) groups is 1. The maximum absolute atomic E-state index is 11.7. The number of hydrogen-bond donors (Lipinski definition) is 2. The Balaban J connectivity index is 2.01. The summed E-state index contributed by atoms with van der Waals surface area (Å²) in [4.78, 5) is 11.7. The van der Waals surface area contributed by atoms with Gasteiger partial charge in [-0.3, -0.25) is 4.79 Å².